The van der Waals surface area contributed by atoms with Crippen molar-refractivity contribution < 1.29 is 16.5 Å². The summed E-state index contributed by atoms with van der Waals surface area (Å²) in [4.78, 5) is 0. The number of hydrogen-bond acceptors (Lipinski definition) is 4. The molecule has 0 aliphatic rings. The fourth-order valence-electron chi connectivity index (χ4n) is 0.765. The smallest absolute Gasteiger partial charge is 0.357 e. The lowest BCUT2D eigenvalue weighted by molar-refractivity contribution is 0.439. The number of benzene rings is 1. The molecule has 0 bridgehead atoms. The molecule has 0 unspecified atom stereocenters. The second-order valence-corrected chi connectivity index (χ2v) is 4.43. The molecular weight excluding hydrogens is 324 g/mol. The quantitative estimate of drug-likeness (QED) is 0.613. The van der Waals surface area contributed by atoms with Gasteiger partial charge in [0.05, 0.1) is 5.56 Å². The van der Waals surface area contributed by atoms with Gasteiger partial charge in [0.25, 0.3) is 0 Å². The molecule has 4 nitrogen and oxygen atoms in total. The lowest BCUT2D eigenvalue weighted by Gasteiger charge is -2.02. The Morgan fingerprint density at radius 3 is 2.64 bits per heavy atom. The van der Waals surface area contributed by atoms with Gasteiger partial charge in [0.15, 0.2) is 5.75 Å². The van der Waals surface area contributed by atoms with Crippen molar-refractivity contribution in [3.8, 4) is 11.8 Å². The van der Waals surface area contributed by atoms with Gasteiger partial charge in [0, 0.05) is 3.57 Å². The topological polar surface area (TPSA) is 67.2 Å². The van der Waals surface area contributed by atoms with E-state index in [9.17, 15) is 12.3 Å². The van der Waals surface area contributed by atoms with Crippen LogP contribution in [0.3, 0.4) is 0 Å². The molecule has 1 rings (SSSR count). The normalized spacial score (nSPS) is 10.6. The molecule has 0 saturated heterocycles. The zero-order chi connectivity index (χ0) is 10.8. The molecule has 14 heavy (non-hydrogen) atoms. The molecule has 0 saturated carbocycles. The standard InChI is InChI=1S/C7H3FINO3S/c8-14(11,12)13-7-3-6(9)2-1-5(7)4-10/h1-3H. The Balaban J connectivity index is 3.20. The third kappa shape index (κ3) is 3.12. The molecule has 0 heterocycles. The van der Waals surface area contributed by atoms with E-state index in [1.807, 2.05) is 22.6 Å². The monoisotopic (exact) mass is 327 g/mol. The fraction of sp³-hybridized carbons (Fsp3) is 0. The summed E-state index contributed by atoms with van der Waals surface area (Å²) in [5.74, 6) is -0.304. The Morgan fingerprint density at radius 2 is 2.14 bits per heavy atom. The zero-order valence-electron chi connectivity index (χ0n) is 6.57. The van der Waals surface area contributed by atoms with Crippen molar-refractivity contribution in [3.05, 3.63) is 27.3 Å². The molecular formula is C7H3FINO3S. The van der Waals surface area contributed by atoms with E-state index in [4.69, 9.17) is 5.26 Å². The Bertz CT molecular complexity index is 494. The van der Waals surface area contributed by atoms with Gasteiger partial charge in [0.2, 0.25) is 0 Å². The van der Waals surface area contributed by atoms with E-state index in [2.05, 4.69) is 4.18 Å². The minimum atomic E-state index is -5.08. The first-order valence-corrected chi connectivity index (χ1v) is 5.65. The molecule has 1 aromatic rings. The second kappa shape index (κ2) is 4.10. The largest absolute Gasteiger partial charge is 0.488 e. The van der Waals surface area contributed by atoms with Crippen molar-refractivity contribution in [2.45, 2.75) is 0 Å². The summed E-state index contributed by atoms with van der Waals surface area (Å²) in [6, 6.07) is 5.88. The number of hydrogen-bond donors (Lipinski definition) is 0. The van der Waals surface area contributed by atoms with E-state index in [1.54, 1.807) is 12.1 Å². The lowest BCUT2D eigenvalue weighted by atomic mass is 10.2. The van der Waals surface area contributed by atoms with Crippen LogP contribution in [0.2, 0.25) is 0 Å². The van der Waals surface area contributed by atoms with Gasteiger partial charge in [-0.1, -0.05) is 3.89 Å². The fourth-order valence-corrected chi connectivity index (χ4v) is 1.58. The molecule has 74 valence electrons. The zero-order valence-corrected chi connectivity index (χ0v) is 9.54. The molecule has 0 aliphatic carbocycles. The lowest BCUT2D eigenvalue weighted by Crippen LogP contribution is -2.02. The molecule has 0 aliphatic heterocycles. The third-order valence-electron chi connectivity index (χ3n) is 1.25. The van der Waals surface area contributed by atoms with Gasteiger partial charge in [0.1, 0.15) is 6.07 Å². The van der Waals surface area contributed by atoms with Gasteiger partial charge < -0.3 is 4.18 Å². The Labute approximate surface area is 93.9 Å². The molecule has 0 radical (unpaired) electrons. The first kappa shape index (κ1) is 11.2. The molecule has 0 amide bonds. The average molecular weight is 327 g/mol. The van der Waals surface area contributed by atoms with Crippen LogP contribution in [0.25, 0.3) is 0 Å². The summed E-state index contributed by atoms with van der Waals surface area (Å²) in [7, 11) is -5.08. The summed E-state index contributed by atoms with van der Waals surface area (Å²) in [5.41, 5.74) is -0.0355. The van der Waals surface area contributed by atoms with E-state index in [0.29, 0.717) is 3.57 Å². The van der Waals surface area contributed by atoms with Crippen LogP contribution in [0.4, 0.5) is 3.89 Å². The number of halogens is 2. The maximum absolute atomic E-state index is 12.2. The van der Waals surface area contributed by atoms with Crippen molar-refractivity contribution >= 4 is 33.1 Å². The number of rotatable bonds is 2. The molecule has 0 spiro atoms. The summed E-state index contributed by atoms with van der Waals surface area (Å²) >= 11 is 1.88. The SMILES string of the molecule is N#Cc1ccc(I)cc1OS(=O)(=O)F. The van der Waals surface area contributed by atoms with Gasteiger partial charge >= 0.3 is 10.5 Å². The van der Waals surface area contributed by atoms with Crippen molar-refractivity contribution in [2.75, 3.05) is 0 Å². The predicted octanol–water partition coefficient (Wildman–Crippen LogP) is 1.76. The van der Waals surface area contributed by atoms with E-state index >= 15 is 0 Å². The van der Waals surface area contributed by atoms with Crippen LogP contribution in [0.5, 0.6) is 5.75 Å². The summed E-state index contributed by atoms with van der Waals surface area (Å²) < 4.78 is 37.1. The third-order valence-corrected chi connectivity index (χ3v) is 2.30. The molecule has 1 aromatic carbocycles. The van der Waals surface area contributed by atoms with Crippen LogP contribution in [0.1, 0.15) is 5.56 Å². The van der Waals surface area contributed by atoms with E-state index < -0.39 is 10.5 Å². The highest BCUT2D eigenvalue weighted by Gasteiger charge is 2.13. The highest BCUT2D eigenvalue weighted by molar-refractivity contribution is 14.1. The van der Waals surface area contributed by atoms with Crippen molar-refractivity contribution in [1.29, 1.82) is 5.26 Å². The minimum Gasteiger partial charge on any atom is -0.357 e. The number of nitrogens with zero attached hydrogens (tertiary/aromatic N) is 1. The van der Waals surface area contributed by atoms with E-state index in [-0.39, 0.29) is 11.3 Å². The molecule has 7 heteroatoms. The second-order valence-electron chi connectivity index (χ2n) is 2.23. The molecule has 0 fully saturated rings. The van der Waals surface area contributed by atoms with Gasteiger partial charge in [-0.3, -0.25) is 0 Å². The average Bonchev–Trinajstić information content (AvgIpc) is 2.01. The van der Waals surface area contributed by atoms with E-state index in [1.165, 1.54) is 12.1 Å². The highest BCUT2D eigenvalue weighted by Crippen LogP contribution is 2.22. The van der Waals surface area contributed by atoms with E-state index in [0.717, 1.165) is 0 Å². The first-order valence-electron chi connectivity index (χ1n) is 3.26. The van der Waals surface area contributed by atoms with Crippen LogP contribution in [0, 0.1) is 14.9 Å². The first-order chi connectivity index (χ1) is 6.42. The van der Waals surface area contributed by atoms with Crippen molar-refractivity contribution in [3.63, 3.8) is 0 Å². The van der Waals surface area contributed by atoms with Gasteiger partial charge in [-0.05, 0) is 40.8 Å². The summed E-state index contributed by atoms with van der Waals surface area (Å²) in [6.45, 7) is 0. The highest BCUT2D eigenvalue weighted by atomic mass is 127. The Kier molecular flexibility index (Phi) is 3.28. The van der Waals surface area contributed by atoms with Crippen molar-refractivity contribution in [1.82, 2.24) is 0 Å². The maximum Gasteiger partial charge on any atom is 0.488 e. The molecule has 0 N–H and O–H groups in total. The van der Waals surface area contributed by atoms with Crippen LogP contribution in [0.15, 0.2) is 18.2 Å². The molecule has 0 atom stereocenters. The van der Waals surface area contributed by atoms with Gasteiger partial charge in [-0.15, -0.1) is 0 Å². The van der Waals surface area contributed by atoms with Crippen LogP contribution in [-0.4, -0.2) is 8.42 Å². The Morgan fingerprint density at radius 1 is 1.50 bits per heavy atom. The summed E-state index contributed by atoms with van der Waals surface area (Å²) in [5, 5.41) is 8.56. The molecule has 0 aromatic heterocycles. The Hall–Kier alpha value is -0.880. The van der Waals surface area contributed by atoms with Crippen LogP contribution in [-0.2, 0) is 10.5 Å². The van der Waals surface area contributed by atoms with Gasteiger partial charge in [-0.2, -0.15) is 13.7 Å². The van der Waals surface area contributed by atoms with Crippen LogP contribution < -0.4 is 4.18 Å². The van der Waals surface area contributed by atoms with Gasteiger partial charge in [-0.25, -0.2) is 0 Å². The van der Waals surface area contributed by atoms with Crippen LogP contribution >= 0.6 is 22.6 Å². The number of nitriles is 1. The maximum atomic E-state index is 12.2. The summed E-state index contributed by atoms with van der Waals surface area (Å²) in [6.07, 6.45) is 0. The minimum absolute atomic E-state index is 0.0355. The predicted molar refractivity (Wildman–Crippen MR) is 54.5 cm³/mol. The van der Waals surface area contributed by atoms with Crippen molar-refractivity contribution in [2.24, 2.45) is 0 Å².